The molecule has 0 unspecified atom stereocenters. The van der Waals surface area contributed by atoms with Crippen molar-refractivity contribution in [2.24, 2.45) is 0 Å². The fourth-order valence-electron chi connectivity index (χ4n) is 1.39. The topological polar surface area (TPSA) is 31.9 Å². The molecule has 1 aromatic heterocycles. The molecule has 0 bridgehead atoms. The molecule has 3 nitrogen and oxygen atoms in total. The Labute approximate surface area is 81.3 Å². The molecule has 0 atom stereocenters. The van der Waals surface area contributed by atoms with E-state index >= 15 is 0 Å². The first kappa shape index (κ1) is 8.38. The van der Waals surface area contributed by atoms with E-state index < -0.39 is 0 Å². The highest BCUT2D eigenvalue weighted by Gasteiger charge is 2.09. The average Bonchev–Trinajstić information content (AvgIpc) is 2.50. The fraction of sp³-hybridized carbons (Fsp3) is 0.222. The summed E-state index contributed by atoms with van der Waals surface area (Å²) in [7, 11) is 3.91. The van der Waals surface area contributed by atoms with Crippen molar-refractivity contribution in [3.05, 3.63) is 23.5 Å². The van der Waals surface area contributed by atoms with Gasteiger partial charge in [-0.15, -0.1) is 0 Å². The van der Waals surface area contributed by atoms with Gasteiger partial charge in [-0.2, -0.15) is 0 Å². The van der Waals surface area contributed by atoms with Crippen LogP contribution in [0.5, 0.6) is 0 Å². The summed E-state index contributed by atoms with van der Waals surface area (Å²) in [6.45, 7) is 0. The van der Waals surface area contributed by atoms with Crippen LogP contribution in [-0.4, -0.2) is 24.1 Å². The lowest BCUT2D eigenvalue weighted by Crippen LogP contribution is -2.09. The molecule has 0 radical (unpaired) electrons. The first-order valence-corrected chi connectivity index (χ1v) is 4.37. The number of hydrogen-bond donors (Lipinski definition) is 1. The van der Waals surface area contributed by atoms with E-state index in [-0.39, 0.29) is 0 Å². The van der Waals surface area contributed by atoms with Gasteiger partial charge in [-0.05, 0) is 12.1 Å². The fourth-order valence-corrected chi connectivity index (χ4v) is 1.72. The van der Waals surface area contributed by atoms with Gasteiger partial charge in [0.1, 0.15) is 5.52 Å². The highest BCUT2D eigenvalue weighted by molar-refractivity contribution is 6.34. The van der Waals surface area contributed by atoms with Gasteiger partial charge in [0.25, 0.3) is 0 Å². The van der Waals surface area contributed by atoms with Gasteiger partial charge in [0.15, 0.2) is 0 Å². The molecular formula is C9H10ClN3. The second kappa shape index (κ2) is 2.92. The van der Waals surface area contributed by atoms with Gasteiger partial charge in [0.2, 0.25) is 0 Å². The van der Waals surface area contributed by atoms with E-state index in [4.69, 9.17) is 11.6 Å². The molecule has 0 amide bonds. The molecule has 0 saturated carbocycles. The number of rotatable bonds is 1. The van der Waals surface area contributed by atoms with E-state index in [0.717, 1.165) is 21.7 Å². The van der Waals surface area contributed by atoms with Crippen molar-refractivity contribution < 1.29 is 0 Å². The third kappa shape index (κ3) is 1.25. The van der Waals surface area contributed by atoms with E-state index in [1.165, 1.54) is 0 Å². The molecule has 0 fully saturated rings. The van der Waals surface area contributed by atoms with E-state index in [9.17, 15) is 0 Å². The van der Waals surface area contributed by atoms with Crippen LogP contribution in [-0.2, 0) is 0 Å². The van der Waals surface area contributed by atoms with Crippen molar-refractivity contribution in [1.29, 1.82) is 0 Å². The summed E-state index contributed by atoms with van der Waals surface area (Å²) < 4.78 is 0. The van der Waals surface area contributed by atoms with Crippen LogP contribution in [0.4, 0.5) is 5.69 Å². The highest BCUT2D eigenvalue weighted by Crippen LogP contribution is 2.30. The highest BCUT2D eigenvalue weighted by atomic mass is 35.5. The Morgan fingerprint density at radius 1 is 1.38 bits per heavy atom. The largest absolute Gasteiger partial charge is 0.375 e. The van der Waals surface area contributed by atoms with Gasteiger partial charge in [0, 0.05) is 14.1 Å². The summed E-state index contributed by atoms with van der Waals surface area (Å²) in [6, 6.07) is 3.80. The van der Waals surface area contributed by atoms with E-state index in [1.54, 1.807) is 6.33 Å². The maximum Gasteiger partial charge on any atom is 0.113 e. The van der Waals surface area contributed by atoms with Crippen LogP contribution in [0.15, 0.2) is 18.5 Å². The zero-order valence-corrected chi connectivity index (χ0v) is 8.26. The Morgan fingerprint density at radius 3 is 2.85 bits per heavy atom. The van der Waals surface area contributed by atoms with E-state index in [0.29, 0.717) is 0 Å². The summed E-state index contributed by atoms with van der Waals surface area (Å²) in [4.78, 5) is 9.23. The van der Waals surface area contributed by atoms with Gasteiger partial charge >= 0.3 is 0 Å². The summed E-state index contributed by atoms with van der Waals surface area (Å²) in [5, 5.41) is 0.726. The Morgan fingerprint density at radius 2 is 2.15 bits per heavy atom. The van der Waals surface area contributed by atoms with Crippen LogP contribution in [0.1, 0.15) is 0 Å². The Kier molecular flexibility index (Phi) is 1.88. The van der Waals surface area contributed by atoms with Crippen LogP contribution < -0.4 is 4.90 Å². The lowest BCUT2D eigenvalue weighted by Gasteiger charge is -2.14. The summed E-state index contributed by atoms with van der Waals surface area (Å²) in [6.07, 6.45) is 1.67. The summed E-state index contributed by atoms with van der Waals surface area (Å²) in [5.41, 5.74) is 2.88. The molecule has 13 heavy (non-hydrogen) atoms. The van der Waals surface area contributed by atoms with Gasteiger partial charge < -0.3 is 9.88 Å². The van der Waals surface area contributed by atoms with Crippen molar-refractivity contribution in [1.82, 2.24) is 9.97 Å². The number of aromatic amines is 1. The number of imidazole rings is 1. The number of nitrogens with zero attached hydrogens (tertiary/aromatic N) is 2. The molecule has 0 aliphatic heterocycles. The molecule has 0 saturated heterocycles. The van der Waals surface area contributed by atoms with Crippen molar-refractivity contribution >= 4 is 28.3 Å². The van der Waals surface area contributed by atoms with E-state index in [1.807, 2.05) is 31.1 Å². The number of halogens is 1. The lowest BCUT2D eigenvalue weighted by atomic mass is 10.2. The van der Waals surface area contributed by atoms with Crippen LogP contribution in [0.3, 0.4) is 0 Å². The Balaban J connectivity index is 2.80. The number of hydrogen-bond acceptors (Lipinski definition) is 2. The Hall–Kier alpha value is -1.22. The minimum atomic E-state index is 0.726. The molecule has 2 aromatic rings. The SMILES string of the molecule is CN(C)c1c(Cl)ccc2[nH]cnc12. The molecule has 0 aliphatic carbocycles. The maximum absolute atomic E-state index is 6.06. The predicted molar refractivity (Wildman–Crippen MR) is 55.4 cm³/mol. The Bertz CT molecular complexity index is 433. The van der Waals surface area contributed by atoms with Gasteiger partial charge in [0.05, 0.1) is 22.6 Å². The molecule has 2 rings (SSSR count). The van der Waals surface area contributed by atoms with Crippen molar-refractivity contribution in [3.8, 4) is 0 Å². The number of benzene rings is 1. The second-order valence-electron chi connectivity index (χ2n) is 3.09. The van der Waals surface area contributed by atoms with Crippen molar-refractivity contribution in [3.63, 3.8) is 0 Å². The van der Waals surface area contributed by atoms with Crippen LogP contribution in [0.2, 0.25) is 5.02 Å². The molecule has 1 aromatic carbocycles. The molecule has 1 heterocycles. The smallest absolute Gasteiger partial charge is 0.113 e. The van der Waals surface area contributed by atoms with Crippen LogP contribution >= 0.6 is 11.6 Å². The number of fused-ring (bicyclic) bond motifs is 1. The van der Waals surface area contributed by atoms with Crippen LogP contribution in [0, 0.1) is 0 Å². The monoisotopic (exact) mass is 195 g/mol. The predicted octanol–water partition coefficient (Wildman–Crippen LogP) is 2.28. The van der Waals surface area contributed by atoms with Crippen molar-refractivity contribution in [2.75, 3.05) is 19.0 Å². The van der Waals surface area contributed by atoms with Gasteiger partial charge in [-0.3, -0.25) is 0 Å². The molecule has 68 valence electrons. The van der Waals surface area contributed by atoms with Crippen molar-refractivity contribution in [2.45, 2.75) is 0 Å². The quantitative estimate of drug-likeness (QED) is 0.757. The number of nitrogens with one attached hydrogen (secondary N) is 1. The van der Waals surface area contributed by atoms with Crippen LogP contribution in [0.25, 0.3) is 11.0 Å². The molecule has 1 N–H and O–H groups in total. The molecule has 4 heteroatoms. The minimum absolute atomic E-state index is 0.726. The number of H-pyrrole nitrogens is 1. The zero-order chi connectivity index (χ0) is 9.42. The maximum atomic E-state index is 6.06. The first-order chi connectivity index (χ1) is 6.20. The molecular weight excluding hydrogens is 186 g/mol. The van der Waals surface area contributed by atoms with E-state index in [2.05, 4.69) is 9.97 Å². The zero-order valence-electron chi connectivity index (χ0n) is 7.50. The first-order valence-electron chi connectivity index (χ1n) is 3.99. The second-order valence-corrected chi connectivity index (χ2v) is 3.50. The minimum Gasteiger partial charge on any atom is -0.375 e. The third-order valence-corrected chi connectivity index (χ3v) is 2.27. The average molecular weight is 196 g/mol. The lowest BCUT2D eigenvalue weighted by molar-refractivity contribution is 1.14. The molecule has 0 spiro atoms. The normalized spacial score (nSPS) is 10.7. The third-order valence-electron chi connectivity index (χ3n) is 1.96. The molecule has 0 aliphatic rings. The summed E-state index contributed by atoms with van der Waals surface area (Å²) >= 11 is 6.06. The standard InChI is InChI=1S/C9H10ClN3/c1-13(2)9-6(10)3-4-7-8(9)12-5-11-7/h3-5H,1-2H3,(H,11,12). The van der Waals surface area contributed by atoms with Gasteiger partial charge in [-0.25, -0.2) is 4.98 Å². The van der Waals surface area contributed by atoms with Gasteiger partial charge in [-0.1, -0.05) is 11.6 Å². The summed E-state index contributed by atoms with van der Waals surface area (Å²) in [5.74, 6) is 0. The number of aromatic nitrogens is 2. The number of anilines is 1.